The van der Waals surface area contributed by atoms with Crippen molar-refractivity contribution >= 4 is 0 Å². The first-order valence-corrected chi connectivity index (χ1v) is 5.15. The molecule has 0 fully saturated rings. The van der Waals surface area contributed by atoms with E-state index < -0.39 is 5.92 Å². The minimum absolute atomic E-state index is 0.0388. The number of halogens is 2. The van der Waals surface area contributed by atoms with E-state index in [1.54, 1.807) is 6.92 Å². The monoisotopic (exact) mass is 192 g/mol. The van der Waals surface area contributed by atoms with E-state index in [4.69, 9.17) is 0 Å². The summed E-state index contributed by atoms with van der Waals surface area (Å²) in [6.45, 7) is 8.07. The third-order valence-electron chi connectivity index (χ3n) is 2.09. The average Bonchev–Trinajstić information content (AvgIpc) is 1.82. The Bertz CT molecular complexity index is 134. The molecule has 0 aliphatic rings. The van der Waals surface area contributed by atoms with Crippen molar-refractivity contribution in [3.63, 3.8) is 0 Å². The minimum Gasteiger partial charge on any atom is -0.207 e. The maximum atomic E-state index is 13.0. The Kier molecular flexibility index (Phi) is 4.87. The SMILES string of the molecule is CCCC(F)(F)CCCC(C)(C)C. The standard InChI is InChI=1S/C11H22F2/c1-5-7-11(12,13)9-6-8-10(2,3)4/h5-9H2,1-4H3. The van der Waals surface area contributed by atoms with E-state index in [0.717, 1.165) is 6.42 Å². The molecule has 0 heterocycles. The second-order valence-corrected chi connectivity index (χ2v) is 5.02. The van der Waals surface area contributed by atoms with Crippen LogP contribution < -0.4 is 0 Å². The molecule has 0 unspecified atom stereocenters. The van der Waals surface area contributed by atoms with Gasteiger partial charge in [-0.25, -0.2) is 8.78 Å². The molecule has 0 radical (unpaired) electrons. The lowest BCUT2D eigenvalue weighted by molar-refractivity contribution is -0.0205. The molecule has 0 aromatic rings. The molecule has 0 aliphatic heterocycles. The fraction of sp³-hybridized carbons (Fsp3) is 1.00. The van der Waals surface area contributed by atoms with Gasteiger partial charge < -0.3 is 0 Å². The van der Waals surface area contributed by atoms with E-state index in [0.29, 0.717) is 12.8 Å². The quantitative estimate of drug-likeness (QED) is 0.595. The molecule has 0 rings (SSSR count). The Balaban J connectivity index is 3.63. The van der Waals surface area contributed by atoms with Gasteiger partial charge in [-0.3, -0.25) is 0 Å². The average molecular weight is 192 g/mol. The molecule has 0 saturated carbocycles. The van der Waals surface area contributed by atoms with Gasteiger partial charge in [-0.2, -0.15) is 0 Å². The summed E-state index contributed by atoms with van der Waals surface area (Å²) in [5.41, 5.74) is 0.183. The van der Waals surface area contributed by atoms with Crippen LogP contribution in [0.2, 0.25) is 0 Å². The smallest absolute Gasteiger partial charge is 0.207 e. The van der Waals surface area contributed by atoms with E-state index in [1.165, 1.54) is 0 Å². The van der Waals surface area contributed by atoms with Crippen LogP contribution in [0.4, 0.5) is 8.78 Å². The second kappa shape index (κ2) is 4.92. The first-order chi connectivity index (χ1) is 5.77. The van der Waals surface area contributed by atoms with Gasteiger partial charge in [-0.05, 0) is 18.3 Å². The number of alkyl halides is 2. The summed E-state index contributed by atoms with van der Waals surface area (Å²) < 4.78 is 26.0. The molecule has 0 aromatic heterocycles. The van der Waals surface area contributed by atoms with E-state index in [9.17, 15) is 8.78 Å². The molecule has 13 heavy (non-hydrogen) atoms. The molecule has 0 aromatic carbocycles. The zero-order valence-electron chi connectivity index (χ0n) is 9.29. The van der Waals surface area contributed by atoms with Crippen LogP contribution in [-0.4, -0.2) is 5.92 Å². The Morgan fingerprint density at radius 1 is 0.923 bits per heavy atom. The molecule has 0 saturated heterocycles. The van der Waals surface area contributed by atoms with Crippen molar-refractivity contribution in [2.75, 3.05) is 0 Å². The molecule has 0 bridgehead atoms. The Hall–Kier alpha value is -0.140. The Morgan fingerprint density at radius 2 is 1.46 bits per heavy atom. The maximum absolute atomic E-state index is 13.0. The van der Waals surface area contributed by atoms with E-state index in [2.05, 4.69) is 20.8 Å². The highest BCUT2D eigenvalue weighted by Gasteiger charge is 2.27. The highest BCUT2D eigenvalue weighted by molar-refractivity contribution is 4.68. The Morgan fingerprint density at radius 3 is 1.85 bits per heavy atom. The van der Waals surface area contributed by atoms with Crippen LogP contribution >= 0.6 is 0 Å². The van der Waals surface area contributed by atoms with Gasteiger partial charge in [0.15, 0.2) is 0 Å². The third-order valence-corrected chi connectivity index (χ3v) is 2.09. The van der Waals surface area contributed by atoms with Gasteiger partial charge in [-0.1, -0.05) is 34.1 Å². The fourth-order valence-electron chi connectivity index (χ4n) is 1.37. The van der Waals surface area contributed by atoms with Crippen molar-refractivity contribution in [1.29, 1.82) is 0 Å². The molecular weight excluding hydrogens is 170 g/mol. The normalized spacial score (nSPS) is 13.4. The first kappa shape index (κ1) is 12.9. The zero-order valence-corrected chi connectivity index (χ0v) is 9.29. The van der Waals surface area contributed by atoms with Gasteiger partial charge in [0.2, 0.25) is 5.92 Å². The summed E-state index contributed by atoms with van der Waals surface area (Å²) in [6.07, 6.45) is 2.18. The van der Waals surface area contributed by atoms with Crippen LogP contribution in [0.3, 0.4) is 0 Å². The van der Waals surface area contributed by atoms with Crippen LogP contribution in [0, 0.1) is 5.41 Å². The lowest BCUT2D eigenvalue weighted by Gasteiger charge is -2.20. The molecule has 0 N–H and O–H groups in total. The number of rotatable bonds is 5. The van der Waals surface area contributed by atoms with Crippen molar-refractivity contribution in [1.82, 2.24) is 0 Å². The van der Waals surface area contributed by atoms with Gasteiger partial charge in [0.05, 0.1) is 0 Å². The summed E-state index contributed by atoms with van der Waals surface area (Å²) in [5, 5.41) is 0. The lowest BCUT2D eigenvalue weighted by Crippen LogP contribution is -2.16. The van der Waals surface area contributed by atoms with Gasteiger partial charge in [-0.15, -0.1) is 0 Å². The highest BCUT2D eigenvalue weighted by atomic mass is 19.3. The van der Waals surface area contributed by atoms with Crippen LogP contribution in [0.1, 0.15) is 59.8 Å². The minimum atomic E-state index is -2.43. The predicted molar refractivity (Wildman–Crippen MR) is 53.2 cm³/mol. The molecule has 0 nitrogen and oxygen atoms in total. The van der Waals surface area contributed by atoms with Gasteiger partial charge >= 0.3 is 0 Å². The van der Waals surface area contributed by atoms with Crippen LogP contribution in [0.5, 0.6) is 0 Å². The largest absolute Gasteiger partial charge is 0.248 e. The summed E-state index contributed by atoms with van der Waals surface area (Å²) in [5.74, 6) is -2.43. The van der Waals surface area contributed by atoms with Crippen molar-refractivity contribution in [2.45, 2.75) is 65.7 Å². The molecule has 0 spiro atoms. The van der Waals surface area contributed by atoms with Crippen molar-refractivity contribution in [3.05, 3.63) is 0 Å². The Labute approximate surface area is 80.7 Å². The summed E-state index contributed by atoms with van der Waals surface area (Å²) in [7, 11) is 0. The van der Waals surface area contributed by atoms with Gasteiger partial charge in [0.25, 0.3) is 0 Å². The topological polar surface area (TPSA) is 0 Å². The van der Waals surface area contributed by atoms with Gasteiger partial charge in [0, 0.05) is 12.8 Å². The maximum Gasteiger partial charge on any atom is 0.248 e. The van der Waals surface area contributed by atoms with Crippen molar-refractivity contribution < 1.29 is 8.78 Å². The van der Waals surface area contributed by atoms with Crippen molar-refractivity contribution in [2.24, 2.45) is 5.41 Å². The molecule has 2 heteroatoms. The van der Waals surface area contributed by atoms with Crippen LogP contribution in [0.15, 0.2) is 0 Å². The molecular formula is C11H22F2. The van der Waals surface area contributed by atoms with Crippen LogP contribution in [-0.2, 0) is 0 Å². The van der Waals surface area contributed by atoms with Crippen molar-refractivity contribution in [3.8, 4) is 0 Å². The first-order valence-electron chi connectivity index (χ1n) is 5.15. The van der Waals surface area contributed by atoms with E-state index in [1.807, 2.05) is 0 Å². The van der Waals surface area contributed by atoms with E-state index >= 15 is 0 Å². The van der Waals surface area contributed by atoms with Crippen LogP contribution in [0.25, 0.3) is 0 Å². The predicted octanol–water partition coefficient (Wildman–Crippen LogP) is 4.64. The summed E-state index contributed by atoms with van der Waals surface area (Å²) in [4.78, 5) is 0. The van der Waals surface area contributed by atoms with E-state index in [-0.39, 0.29) is 18.3 Å². The summed E-state index contributed by atoms with van der Waals surface area (Å²) >= 11 is 0. The second-order valence-electron chi connectivity index (χ2n) is 5.02. The molecule has 80 valence electrons. The zero-order chi connectivity index (χ0) is 10.5. The number of hydrogen-bond donors (Lipinski definition) is 0. The molecule has 0 atom stereocenters. The number of hydrogen-bond acceptors (Lipinski definition) is 0. The summed E-state index contributed by atoms with van der Waals surface area (Å²) in [6, 6.07) is 0. The molecule has 0 amide bonds. The lowest BCUT2D eigenvalue weighted by atomic mass is 9.89. The molecule has 0 aliphatic carbocycles. The fourth-order valence-corrected chi connectivity index (χ4v) is 1.37. The third kappa shape index (κ3) is 8.20. The highest BCUT2D eigenvalue weighted by Crippen LogP contribution is 2.30. The van der Waals surface area contributed by atoms with Gasteiger partial charge in [0.1, 0.15) is 0 Å².